The molecular weight excluding hydrogens is 369 g/mol. The second-order valence-corrected chi connectivity index (χ2v) is 7.71. The maximum absolute atomic E-state index is 14.5. The van der Waals surface area contributed by atoms with Crippen molar-refractivity contribution < 1.29 is 9.18 Å². The van der Waals surface area contributed by atoms with E-state index in [0.29, 0.717) is 18.5 Å². The molecule has 2 aromatic heterocycles. The van der Waals surface area contributed by atoms with Gasteiger partial charge < -0.3 is 10.2 Å². The molecule has 0 radical (unpaired) electrons. The third-order valence-electron chi connectivity index (χ3n) is 5.96. The molecule has 148 valence electrons. The fourth-order valence-corrected chi connectivity index (χ4v) is 4.30. The minimum Gasteiger partial charge on any atom is -0.338 e. The highest BCUT2D eigenvalue weighted by Crippen LogP contribution is 2.29. The van der Waals surface area contributed by atoms with Crippen LogP contribution < -0.4 is 5.32 Å². The fraction of sp³-hybridized carbons (Fsp3) is 0.364. The quantitative estimate of drug-likeness (QED) is 0.727. The van der Waals surface area contributed by atoms with Gasteiger partial charge in [0.25, 0.3) is 5.91 Å². The van der Waals surface area contributed by atoms with Crippen LogP contribution in [0.2, 0.25) is 0 Å². The molecule has 6 nitrogen and oxygen atoms in total. The molecule has 4 heterocycles. The first-order valence-electron chi connectivity index (χ1n) is 10.1. The third kappa shape index (κ3) is 3.35. The number of carbonyl (C=O) groups excluding carboxylic acids is 1. The van der Waals surface area contributed by atoms with Crippen LogP contribution in [0, 0.1) is 5.82 Å². The van der Waals surface area contributed by atoms with Crippen molar-refractivity contribution in [3.63, 3.8) is 0 Å². The highest BCUT2D eigenvalue weighted by atomic mass is 19.1. The molecule has 1 amide bonds. The minimum atomic E-state index is -0.496. The van der Waals surface area contributed by atoms with Crippen molar-refractivity contribution in [3.05, 3.63) is 65.3 Å². The van der Waals surface area contributed by atoms with E-state index >= 15 is 0 Å². The SMILES string of the molecule is O=C(c1c(F)ccc2ccncc12)N1CCC(c2ncc3c(n2)CCNC3)CC1. The molecule has 2 aliphatic heterocycles. The van der Waals surface area contributed by atoms with Crippen molar-refractivity contribution in [2.75, 3.05) is 19.6 Å². The van der Waals surface area contributed by atoms with Gasteiger partial charge in [-0.25, -0.2) is 14.4 Å². The van der Waals surface area contributed by atoms with Crippen LogP contribution in [0.4, 0.5) is 4.39 Å². The van der Waals surface area contributed by atoms with Gasteiger partial charge in [0.2, 0.25) is 0 Å². The average Bonchev–Trinajstić information content (AvgIpc) is 2.78. The predicted octanol–water partition coefficient (Wildman–Crippen LogP) is 2.83. The van der Waals surface area contributed by atoms with Crippen molar-refractivity contribution in [2.45, 2.75) is 31.7 Å². The van der Waals surface area contributed by atoms with E-state index in [4.69, 9.17) is 4.98 Å². The number of nitrogens with zero attached hydrogens (tertiary/aromatic N) is 4. The van der Waals surface area contributed by atoms with Crippen molar-refractivity contribution in [2.24, 2.45) is 0 Å². The largest absolute Gasteiger partial charge is 0.338 e. The number of benzene rings is 1. The normalized spacial score (nSPS) is 17.3. The highest BCUT2D eigenvalue weighted by Gasteiger charge is 2.29. The zero-order valence-electron chi connectivity index (χ0n) is 16.1. The Morgan fingerprint density at radius 1 is 1.17 bits per heavy atom. The van der Waals surface area contributed by atoms with Gasteiger partial charge in [0.1, 0.15) is 11.6 Å². The summed E-state index contributed by atoms with van der Waals surface area (Å²) in [5.74, 6) is 0.345. The molecule has 1 saturated heterocycles. The number of piperidine rings is 1. The Hall–Kier alpha value is -2.93. The molecule has 0 atom stereocenters. The van der Waals surface area contributed by atoms with E-state index in [1.165, 1.54) is 11.6 Å². The topological polar surface area (TPSA) is 71.0 Å². The Morgan fingerprint density at radius 2 is 2.03 bits per heavy atom. The van der Waals surface area contributed by atoms with Crippen LogP contribution in [-0.4, -0.2) is 45.4 Å². The summed E-state index contributed by atoms with van der Waals surface area (Å²) in [6, 6.07) is 4.83. The molecular formula is C22H22FN5O. The summed E-state index contributed by atoms with van der Waals surface area (Å²) in [5, 5.41) is 4.71. The third-order valence-corrected chi connectivity index (χ3v) is 5.96. The van der Waals surface area contributed by atoms with Gasteiger partial charge in [0, 0.05) is 73.8 Å². The number of hydrogen-bond acceptors (Lipinski definition) is 5. The summed E-state index contributed by atoms with van der Waals surface area (Å²) in [6.45, 7) is 2.92. The van der Waals surface area contributed by atoms with Crippen LogP contribution in [0.5, 0.6) is 0 Å². The van der Waals surface area contributed by atoms with Crippen molar-refractivity contribution in [3.8, 4) is 0 Å². The number of aromatic nitrogens is 3. The van der Waals surface area contributed by atoms with Crippen molar-refractivity contribution in [1.29, 1.82) is 0 Å². The van der Waals surface area contributed by atoms with E-state index < -0.39 is 5.82 Å². The van der Waals surface area contributed by atoms with Crippen LogP contribution in [0.1, 0.15) is 46.2 Å². The summed E-state index contributed by atoms with van der Waals surface area (Å²) in [5.41, 5.74) is 2.43. The van der Waals surface area contributed by atoms with E-state index in [0.717, 1.165) is 49.3 Å². The maximum atomic E-state index is 14.5. The molecule has 0 unspecified atom stereocenters. The molecule has 1 N–H and O–H groups in total. The Morgan fingerprint density at radius 3 is 2.90 bits per heavy atom. The zero-order valence-corrected chi connectivity index (χ0v) is 16.1. The number of halogens is 1. The van der Waals surface area contributed by atoms with Crippen molar-refractivity contribution >= 4 is 16.7 Å². The van der Waals surface area contributed by atoms with E-state index in [1.54, 1.807) is 29.4 Å². The molecule has 5 rings (SSSR count). The first kappa shape index (κ1) is 18.1. The number of likely N-dealkylation sites (tertiary alicyclic amines) is 1. The molecule has 0 aliphatic carbocycles. The monoisotopic (exact) mass is 391 g/mol. The fourth-order valence-electron chi connectivity index (χ4n) is 4.30. The lowest BCUT2D eigenvalue weighted by molar-refractivity contribution is 0.0708. The molecule has 0 saturated carbocycles. The first-order chi connectivity index (χ1) is 14.2. The van der Waals surface area contributed by atoms with Gasteiger partial charge in [-0.3, -0.25) is 9.78 Å². The minimum absolute atomic E-state index is 0.117. The second-order valence-electron chi connectivity index (χ2n) is 7.71. The Bertz CT molecular complexity index is 1080. The smallest absolute Gasteiger partial charge is 0.257 e. The number of fused-ring (bicyclic) bond motifs is 2. The van der Waals surface area contributed by atoms with Gasteiger partial charge in [-0.2, -0.15) is 0 Å². The molecule has 1 fully saturated rings. The van der Waals surface area contributed by atoms with E-state index in [2.05, 4.69) is 15.3 Å². The number of hydrogen-bond donors (Lipinski definition) is 1. The standard InChI is InChI=1S/C22H22FN5O/c23-18-2-1-14-3-7-25-13-17(14)20(18)22(29)28-9-5-15(6-10-28)21-26-12-16-11-24-8-4-19(16)27-21/h1-3,7,12-13,15,24H,4-6,8-11H2. The van der Waals surface area contributed by atoms with Crippen LogP contribution >= 0.6 is 0 Å². The van der Waals surface area contributed by atoms with Gasteiger partial charge >= 0.3 is 0 Å². The number of pyridine rings is 1. The Balaban J connectivity index is 1.34. The molecule has 0 bridgehead atoms. The molecule has 7 heteroatoms. The lowest BCUT2D eigenvalue weighted by Gasteiger charge is -2.32. The second kappa shape index (κ2) is 7.48. The summed E-state index contributed by atoms with van der Waals surface area (Å²) in [7, 11) is 0. The Labute approximate surface area is 168 Å². The summed E-state index contributed by atoms with van der Waals surface area (Å²) >= 11 is 0. The lowest BCUT2D eigenvalue weighted by atomic mass is 9.94. The molecule has 3 aromatic rings. The molecule has 0 spiro atoms. The van der Waals surface area contributed by atoms with E-state index in [9.17, 15) is 9.18 Å². The van der Waals surface area contributed by atoms with Crippen LogP contribution in [0.15, 0.2) is 36.8 Å². The van der Waals surface area contributed by atoms with Gasteiger partial charge in [0.05, 0.1) is 5.56 Å². The van der Waals surface area contributed by atoms with Gasteiger partial charge in [-0.1, -0.05) is 6.07 Å². The number of rotatable bonds is 2. The average molecular weight is 391 g/mol. The maximum Gasteiger partial charge on any atom is 0.257 e. The Kier molecular flexibility index (Phi) is 4.67. The van der Waals surface area contributed by atoms with Crippen molar-refractivity contribution in [1.82, 2.24) is 25.2 Å². The van der Waals surface area contributed by atoms with Crippen LogP contribution in [0.25, 0.3) is 10.8 Å². The van der Waals surface area contributed by atoms with Crippen LogP contribution in [-0.2, 0) is 13.0 Å². The van der Waals surface area contributed by atoms with E-state index in [-0.39, 0.29) is 17.4 Å². The number of nitrogens with one attached hydrogen (secondary N) is 1. The lowest BCUT2D eigenvalue weighted by Crippen LogP contribution is -2.39. The molecule has 29 heavy (non-hydrogen) atoms. The highest BCUT2D eigenvalue weighted by molar-refractivity contribution is 6.07. The molecule has 1 aromatic carbocycles. The number of carbonyl (C=O) groups is 1. The summed E-state index contributed by atoms with van der Waals surface area (Å²) in [4.78, 5) is 28.3. The number of amides is 1. The van der Waals surface area contributed by atoms with Gasteiger partial charge in [0.15, 0.2) is 0 Å². The zero-order chi connectivity index (χ0) is 19.8. The molecule has 2 aliphatic rings. The summed E-state index contributed by atoms with van der Waals surface area (Å²) < 4.78 is 14.5. The van der Waals surface area contributed by atoms with Gasteiger partial charge in [-0.15, -0.1) is 0 Å². The van der Waals surface area contributed by atoms with E-state index in [1.807, 2.05) is 6.20 Å². The summed E-state index contributed by atoms with van der Waals surface area (Å²) in [6.07, 6.45) is 7.64. The first-order valence-corrected chi connectivity index (χ1v) is 10.1. The van der Waals surface area contributed by atoms with Gasteiger partial charge in [-0.05, 0) is 30.4 Å². The predicted molar refractivity (Wildman–Crippen MR) is 107 cm³/mol. The van der Waals surface area contributed by atoms with Crippen LogP contribution in [0.3, 0.4) is 0 Å².